The first-order valence-corrected chi connectivity index (χ1v) is 17.0. The number of halogens is 1. The van der Waals surface area contributed by atoms with Gasteiger partial charge in [-0.3, -0.25) is 24.0 Å². The van der Waals surface area contributed by atoms with Crippen molar-refractivity contribution in [2.75, 3.05) is 24.5 Å². The van der Waals surface area contributed by atoms with Gasteiger partial charge in [-0.15, -0.1) is 0 Å². The zero-order valence-electron chi connectivity index (χ0n) is 27.1. The molecule has 0 aliphatic rings. The van der Waals surface area contributed by atoms with Gasteiger partial charge in [-0.05, 0) is 56.2 Å². The second-order valence-electron chi connectivity index (χ2n) is 11.1. The third kappa shape index (κ3) is 8.50. The van der Waals surface area contributed by atoms with Crippen LogP contribution in [0.15, 0.2) is 95.9 Å². The number of nitro groups is 1. The molecule has 2 amide bonds. The van der Waals surface area contributed by atoms with Gasteiger partial charge in [0, 0.05) is 36.2 Å². The third-order valence-electron chi connectivity index (χ3n) is 7.71. The summed E-state index contributed by atoms with van der Waals surface area (Å²) in [7, 11) is -3.32. The van der Waals surface area contributed by atoms with Gasteiger partial charge in [0.1, 0.15) is 18.3 Å². The summed E-state index contributed by atoms with van der Waals surface area (Å²) in [5, 5.41) is 14.7. The first-order chi connectivity index (χ1) is 22.8. The average molecular weight is 693 g/mol. The van der Waals surface area contributed by atoms with Crippen molar-refractivity contribution in [3.8, 4) is 5.75 Å². The zero-order valence-corrected chi connectivity index (χ0v) is 28.6. The van der Waals surface area contributed by atoms with E-state index in [2.05, 4.69) is 5.32 Å². The molecule has 4 rings (SSSR count). The molecule has 0 spiro atoms. The number of hydrogen-bond donors (Lipinski definition) is 1. The van der Waals surface area contributed by atoms with E-state index in [1.165, 1.54) is 49.3 Å². The van der Waals surface area contributed by atoms with Crippen LogP contribution in [0.2, 0.25) is 5.02 Å². The van der Waals surface area contributed by atoms with E-state index in [1.54, 1.807) is 6.92 Å². The molecule has 1 N–H and O–H groups in total. The van der Waals surface area contributed by atoms with Gasteiger partial charge >= 0.3 is 0 Å². The Balaban J connectivity index is 1.89. The Morgan fingerprint density at radius 1 is 0.958 bits per heavy atom. The van der Waals surface area contributed by atoms with Crippen LogP contribution >= 0.6 is 11.6 Å². The highest BCUT2D eigenvalue weighted by atomic mass is 35.5. The quantitative estimate of drug-likeness (QED) is 0.129. The van der Waals surface area contributed by atoms with Crippen molar-refractivity contribution in [3.63, 3.8) is 0 Å². The van der Waals surface area contributed by atoms with Crippen molar-refractivity contribution in [2.45, 2.75) is 44.7 Å². The third-order valence-corrected chi connectivity index (χ3v) is 9.70. The molecule has 0 heterocycles. The van der Waals surface area contributed by atoms with Crippen molar-refractivity contribution in [1.29, 1.82) is 0 Å². The summed E-state index contributed by atoms with van der Waals surface area (Å²) in [6.45, 7) is 4.69. The standard InChI is InChI=1S/C35H37ClN4O7S/c1-5-37-35(42)32(19-26-11-7-6-8-12-26)38(22-27-13-9-10-24(2)18-27)34(41)23-39(31-20-28(36)15-17-33(31)47-4)48(45,46)29-16-14-25(3)30(21-29)40(43)44/h6-18,20-21,32H,5,19,22-23H2,1-4H3,(H,37,42)/t32-/m0/s1. The summed E-state index contributed by atoms with van der Waals surface area (Å²) in [6.07, 6.45) is 0.154. The monoisotopic (exact) mass is 692 g/mol. The Morgan fingerprint density at radius 3 is 2.31 bits per heavy atom. The Labute approximate surface area is 285 Å². The van der Waals surface area contributed by atoms with Gasteiger partial charge in [0.2, 0.25) is 11.8 Å². The van der Waals surface area contributed by atoms with E-state index in [9.17, 15) is 28.1 Å². The van der Waals surface area contributed by atoms with E-state index < -0.39 is 49.9 Å². The number of likely N-dealkylation sites (N-methyl/N-ethyl adjacent to an activating group) is 1. The number of nitro benzene ring substituents is 1. The number of amides is 2. The summed E-state index contributed by atoms with van der Waals surface area (Å²) >= 11 is 6.33. The minimum atomic E-state index is -4.66. The number of ether oxygens (including phenoxy) is 1. The van der Waals surface area contributed by atoms with E-state index in [0.717, 1.165) is 27.1 Å². The summed E-state index contributed by atoms with van der Waals surface area (Å²) in [5.74, 6) is -1.02. The number of carbonyl (C=O) groups excluding carboxylic acids is 2. The van der Waals surface area contributed by atoms with Crippen LogP contribution < -0.4 is 14.4 Å². The van der Waals surface area contributed by atoms with Gasteiger partial charge in [-0.2, -0.15) is 0 Å². The molecule has 11 nitrogen and oxygen atoms in total. The predicted molar refractivity (Wildman–Crippen MR) is 185 cm³/mol. The van der Waals surface area contributed by atoms with Crippen LogP contribution in [0.5, 0.6) is 5.75 Å². The van der Waals surface area contributed by atoms with Crippen LogP contribution in [0.3, 0.4) is 0 Å². The minimum Gasteiger partial charge on any atom is -0.495 e. The summed E-state index contributed by atoms with van der Waals surface area (Å²) in [5.41, 5.74) is 2.26. The number of hydrogen-bond acceptors (Lipinski definition) is 7. The Bertz CT molecular complexity index is 1900. The number of rotatable bonds is 14. The molecule has 252 valence electrons. The first kappa shape index (κ1) is 35.9. The maximum Gasteiger partial charge on any atom is 0.273 e. The Kier molecular flexibility index (Phi) is 11.8. The van der Waals surface area contributed by atoms with E-state index >= 15 is 0 Å². The largest absolute Gasteiger partial charge is 0.495 e. The highest BCUT2D eigenvalue weighted by Crippen LogP contribution is 2.36. The van der Waals surface area contributed by atoms with Crippen LogP contribution in [0.25, 0.3) is 0 Å². The summed E-state index contributed by atoms with van der Waals surface area (Å²) in [4.78, 5) is 40.3. The molecule has 0 radical (unpaired) electrons. The summed E-state index contributed by atoms with van der Waals surface area (Å²) < 4.78 is 35.1. The van der Waals surface area contributed by atoms with Crippen molar-refractivity contribution in [2.24, 2.45) is 0 Å². The molecule has 0 unspecified atom stereocenters. The highest BCUT2D eigenvalue weighted by molar-refractivity contribution is 7.92. The fraction of sp³-hybridized carbons (Fsp3) is 0.257. The summed E-state index contributed by atoms with van der Waals surface area (Å²) in [6, 6.07) is 23.4. The lowest BCUT2D eigenvalue weighted by Gasteiger charge is -2.34. The molecule has 0 aliphatic carbocycles. The molecule has 4 aromatic carbocycles. The molecule has 13 heteroatoms. The van der Waals surface area contributed by atoms with E-state index in [4.69, 9.17) is 16.3 Å². The Hall–Kier alpha value is -4.94. The van der Waals surface area contributed by atoms with Gasteiger partial charge in [0.15, 0.2) is 0 Å². The van der Waals surface area contributed by atoms with Crippen LogP contribution in [0.1, 0.15) is 29.2 Å². The minimum absolute atomic E-state index is 0.00821. The lowest BCUT2D eigenvalue weighted by atomic mass is 10.0. The number of methoxy groups -OCH3 is 1. The molecular formula is C35H37ClN4O7S. The number of aryl methyl sites for hydroxylation is 2. The molecule has 48 heavy (non-hydrogen) atoms. The second kappa shape index (κ2) is 15.8. The maximum absolute atomic E-state index is 14.6. The van der Waals surface area contributed by atoms with Gasteiger partial charge in [-0.25, -0.2) is 8.42 Å². The van der Waals surface area contributed by atoms with Gasteiger partial charge < -0.3 is 15.0 Å². The number of nitrogens with zero attached hydrogens (tertiary/aromatic N) is 3. The molecule has 1 atom stereocenters. The molecular weight excluding hydrogens is 656 g/mol. The fourth-order valence-electron chi connectivity index (χ4n) is 5.30. The van der Waals surface area contributed by atoms with Gasteiger partial charge in [0.25, 0.3) is 15.7 Å². The number of benzene rings is 4. The number of carbonyl (C=O) groups is 2. The number of sulfonamides is 1. The van der Waals surface area contributed by atoms with Crippen molar-refractivity contribution in [1.82, 2.24) is 10.2 Å². The lowest BCUT2D eigenvalue weighted by molar-refractivity contribution is -0.385. The predicted octanol–water partition coefficient (Wildman–Crippen LogP) is 5.85. The molecule has 0 aromatic heterocycles. The molecule has 0 saturated heterocycles. The number of anilines is 1. The van der Waals surface area contributed by atoms with Gasteiger partial charge in [-0.1, -0.05) is 77.8 Å². The molecule has 0 bridgehead atoms. The molecule has 0 saturated carbocycles. The van der Waals surface area contributed by atoms with Crippen molar-refractivity contribution in [3.05, 3.63) is 128 Å². The van der Waals surface area contributed by atoms with Crippen LogP contribution in [0.4, 0.5) is 11.4 Å². The van der Waals surface area contributed by atoms with E-state index in [-0.39, 0.29) is 35.0 Å². The molecule has 0 fully saturated rings. The zero-order chi connectivity index (χ0) is 35.0. The first-order valence-electron chi connectivity index (χ1n) is 15.1. The highest BCUT2D eigenvalue weighted by Gasteiger charge is 2.36. The van der Waals surface area contributed by atoms with Crippen molar-refractivity contribution >= 4 is 44.8 Å². The van der Waals surface area contributed by atoms with E-state index in [1.807, 2.05) is 61.5 Å². The van der Waals surface area contributed by atoms with Crippen LogP contribution in [-0.2, 0) is 32.6 Å². The van der Waals surface area contributed by atoms with Gasteiger partial charge in [0.05, 0.1) is 22.6 Å². The molecule has 0 aliphatic heterocycles. The smallest absolute Gasteiger partial charge is 0.273 e. The second-order valence-corrected chi connectivity index (χ2v) is 13.4. The average Bonchev–Trinajstić information content (AvgIpc) is 3.05. The van der Waals surface area contributed by atoms with Crippen molar-refractivity contribution < 1.29 is 27.7 Å². The van der Waals surface area contributed by atoms with Crippen LogP contribution in [-0.4, -0.2) is 56.3 Å². The topological polar surface area (TPSA) is 139 Å². The lowest BCUT2D eigenvalue weighted by Crippen LogP contribution is -2.53. The van der Waals surface area contributed by atoms with E-state index in [0.29, 0.717) is 6.54 Å². The fourth-order valence-corrected chi connectivity index (χ4v) is 6.90. The van der Waals surface area contributed by atoms with Crippen LogP contribution in [0, 0.1) is 24.0 Å². The Morgan fingerprint density at radius 2 is 1.67 bits per heavy atom. The SMILES string of the molecule is CCNC(=O)[C@H](Cc1ccccc1)N(Cc1cccc(C)c1)C(=O)CN(c1cc(Cl)ccc1OC)S(=O)(=O)c1ccc(C)c([N+](=O)[O-])c1. The normalized spacial score (nSPS) is 11.8. The molecule has 4 aromatic rings. The number of nitrogens with one attached hydrogen (secondary N) is 1. The maximum atomic E-state index is 14.6.